The van der Waals surface area contributed by atoms with Crippen molar-refractivity contribution in [2.45, 2.75) is 25.4 Å². The van der Waals surface area contributed by atoms with Gasteiger partial charge in [-0.25, -0.2) is 0 Å². The molecule has 0 spiro atoms. The van der Waals surface area contributed by atoms with E-state index in [0.717, 1.165) is 0 Å². The van der Waals surface area contributed by atoms with Crippen LogP contribution in [-0.2, 0) is 9.59 Å². The van der Waals surface area contributed by atoms with Crippen LogP contribution < -0.4 is 15.1 Å². The Balaban J connectivity index is 2.64. The molecule has 0 aliphatic carbocycles. The van der Waals surface area contributed by atoms with Crippen molar-refractivity contribution in [3.8, 4) is 0 Å². The summed E-state index contributed by atoms with van der Waals surface area (Å²) in [6, 6.07) is -0.683. The second-order valence-electron chi connectivity index (χ2n) is 3.51. The van der Waals surface area contributed by atoms with Crippen LogP contribution in [0.3, 0.4) is 0 Å². The topological polar surface area (TPSA) is 84.7 Å². The highest BCUT2D eigenvalue weighted by Crippen LogP contribution is 2.02. The molecule has 0 amide bonds. The van der Waals surface area contributed by atoms with E-state index in [4.69, 9.17) is 0 Å². The fraction of sp³-hybridized carbons (Fsp3) is 0.714. The monoisotopic (exact) mass is 172 g/mol. The standard InChI is InChI=1S/C7H11NO4/c1-7(2,6(11)12)8-3-4(8)5(9)10/h4H,3H2,1-2H3,(H,9,10)(H,11,12)/p-1/t4-,8?/m1/s1. The lowest BCUT2D eigenvalue weighted by Gasteiger charge is -2.24. The van der Waals surface area contributed by atoms with Gasteiger partial charge in [0.2, 0.25) is 0 Å². The third-order valence-corrected chi connectivity index (χ3v) is 2.28. The van der Waals surface area contributed by atoms with Gasteiger partial charge in [0, 0.05) is 0 Å². The Morgan fingerprint density at radius 1 is 1.42 bits per heavy atom. The lowest BCUT2D eigenvalue weighted by molar-refractivity contribution is -0.821. The number of hydrogen-bond donors (Lipinski definition) is 1. The smallest absolute Gasteiger partial charge is 0.178 e. The highest BCUT2D eigenvalue weighted by molar-refractivity contribution is 5.76. The summed E-state index contributed by atoms with van der Waals surface area (Å²) in [5.41, 5.74) is -1.13. The number of rotatable bonds is 3. The van der Waals surface area contributed by atoms with Crippen molar-refractivity contribution in [3.05, 3.63) is 0 Å². The summed E-state index contributed by atoms with van der Waals surface area (Å²) in [5, 5.41) is 20.8. The van der Waals surface area contributed by atoms with Crippen LogP contribution in [0.25, 0.3) is 0 Å². The van der Waals surface area contributed by atoms with Gasteiger partial charge < -0.3 is 24.7 Å². The van der Waals surface area contributed by atoms with E-state index < -0.39 is 23.5 Å². The number of carbonyl (C=O) groups excluding carboxylic acids is 2. The van der Waals surface area contributed by atoms with Gasteiger partial charge in [0.25, 0.3) is 0 Å². The minimum atomic E-state index is -1.23. The van der Waals surface area contributed by atoms with Crippen LogP contribution in [0.4, 0.5) is 0 Å². The maximum atomic E-state index is 10.5. The summed E-state index contributed by atoms with van der Waals surface area (Å²) in [6.07, 6.45) is 0. The molecule has 0 aromatic carbocycles. The first kappa shape index (κ1) is 8.99. The van der Waals surface area contributed by atoms with Crippen molar-refractivity contribution < 1.29 is 24.7 Å². The van der Waals surface area contributed by atoms with E-state index in [0.29, 0.717) is 11.4 Å². The van der Waals surface area contributed by atoms with Crippen molar-refractivity contribution in [3.63, 3.8) is 0 Å². The lowest BCUT2D eigenvalue weighted by atomic mass is 10.1. The Kier molecular flexibility index (Phi) is 1.83. The van der Waals surface area contributed by atoms with Gasteiger partial charge in [-0.1, -0.05) is 0 Å². The van der Waals surface area contributed by atoms with Gasteiger partial charge in [-0.05, 0) is 13.8 Å². The predicted molar refractivity (Wildman–Crippen MR) is 33.7 cm³/mol. The molecule has 1 N–H and O–H groups in total. The maximum Gasteiger partial charge on any atom is 0.178 e. The summed E-state index contributed by atoms with van der Waals surface area (Å²) in [7, 11) is 0. The molecule has 1 aliphatic heterocycles. The highest BCUT2D eigenvalue weighted by Gasteiger charge is 2.52. The Hall–Kier alpha value is -1.10. The van der Waals surface area contributed by atoms with E-state index in [1.165, 1.54) is 13.8 Å². The third-order valence-electron chi connectivity index (χ3n) is 2.28. The molecular formula is C7H10NO4-. The number of carbonyl (C=O) groups is 2. The minimum Gasteiger partial charge on any atom is -0.544 e. The van der Waals surface area contributed by atoms with Crippen LogP contribution >= 0.6 is 0 Å². The number of nitrogens with one attached hydrogen (secondary N) is 1. The number of hydrogen-bond acceptors (Lipinski definition) is 4. The third kappa shape index (κ3) is 1.27. The van der Waals surface area contributed by atoms with Crippen LogP contribution in [0.5, 0.6) is 0 Å². The van der Waals surface area contributed by atoms with Crippen molar-refractivity contribution in [1.29, 1.82) is 0 Å². The normalized spacial score (nSPS) is 28.2. The van der Waals surface area contributed by atoms with Gasteiger partial charge in [0.1, 0.15) is 24.0 Å². The molecule has 0 aromatic rings. The van der Waals surface area contributed by atoms with Crippen LogP contribution in [0.2, 0.25) is 0 Å². The van der Waals surface area contributed by atoms with E-state index in [2.05, 4.69) is 0 Å². The van der Waals surface area contributed by atoms with E-state index in [1.54, 1.807) is 0 Å². The quantitative estimate of drug-likeness (QED) is 0.435. The average molecular weight is 172 g/mol. The molecule has 68 valence electrons. The Morgan fingerprint density at radius 3 is 2.17 bits per heavy atom. The van der Waals surface area contributed by atoms with Crippen molar-refractivity contribution in [2.24, 2.45) is 0 Å². The Labute approximate surface area is 69.6 Å². The fourth-order valence-electron chi connectivity index (χ4n) is 1.21. The van der Waals surface area contributed by atoms with E-state index >= 15 is 0 Å². The van der Waals surface area contributed by atoms with Gasteiger partial charge in [-0.15, -0.1) is 0 Å². The Bertz CT molecular complexity index is 236. The van der Waals surface area contributed by atoms with Crippen molar-refractivity contribution in [2.75, 3.05) is 6.54 Å². The molecule has 5 heteroatoms. The lowest BCUT2D eigenvalue weighted by Crippen LogP contribution is -3.07. The van der Waals surface area contributed by atoms with Gasteiger partial charge >= 0.3 is 0 Å². The van der Waals surface area contributed by atoms with Gasteiger partial charge in [0.05, 0.1) is 0 Å². The van der Waals surface area contributed by atoms with E-state index in [1.807, 2.05) is 0 Å². The number of carboxylic acids is 2. The zero-order chi connectivity index (χ0) is 9.52. The molecule has 1 aliphatic rings. The number of carboxylic acid groups (broad SMARTS) is 2. The number of aliphatic carboxylic acids is 2. The fourth-order valence-corrected chi connectivity index (χ4v) is 1.21. The molecule has 1 heterocycles. The van der Waals surface area contributed by atoms with E-state index in [-0.39, 0.29) is 0 Å². The SMILES string of the molecule is CC(C)(C(=O)[O-])[NH+]1C[C@@H]1C(=O)[O-]. The molecule has 1 fully saturated rings. The van der Waals surface area contributed by atoms with Crippen LogP contribution in [0.15, 0.2) is 0 Å². The summed E-state index contributed by atoms with van der Waals surface area (Å²) in [4.78, 5) is 21.3. The highest BCUT2D eigenvalue weighted by atomic mass is 16.4. The summed E-state index contributed by atoms with van der Waals surface area (Å²) < 4.78 is 0. The zero-order valence-electron chi connectivity index (χ0n) is 6.92. The summed E-state index contributed by atoms with van der Waals surface area (Å²) in [5.74, 6) is -2.43. The average Bonchev–Trinajstić information content (AvgIpc) is 2.63. The van der Waals surface area contributed by atoms with Crippen molar-refractivity contribution >= 4 is 11.9 Å². The predicted octanol–water partition coefficient (Wildman–Crippen LogP) is -4.47. The second-order valence-corrected chi connectivity index (χ2v) is 3.51. The molecule has 2 atom stereocenters. The molecule has 1 saturated heterocycles. The minimum absolute atomic E-state index is 0.309. The second kappa shape index (κ2) is 2.45. The molecule has 1 unspecified atom stereocenters. The van der Waals surface area contributed by atoms with Gasteiger partial charge in [-0.3, -0.25) is 0 Å². The largest absolute Gasteiger partial charge is 0.544 e. The first-order chi connectivity index (χ1) is 5.37. The molecule has 0 bridgehead atoms. The molecule has 0 radical (unpaired) electrons. The van der Waals surface area contributed by atoms with Crippen molar-refractivity contribution in [1.82, 2.24) is 0 Å². The van der Waals surface area contributed by atoms with Crippen LogP contribution in [0, 0.1) is 0 Å². The molecule has 1 rings (SSSR count). The summed E-state index contributed by atoms with van der Waals surface area (Å²) >= 11 is 0. The van der Waals surface area contributed by atoms with E-state index in [9.17, 15) is 19.8 Å². The first-order valence-corrected chi connectivity index (χ1v) is 3.66. The van der Waals surface area contributed by atoms with Gasteiger partial charge in [-0.2, -0.15) is 0 Å². The summed E-state index contributed by atoms with van der Waals surface area (Å²) in [6.45, 7) is 3.20. The Morgan fingerprint density at radius 2 is 1.92 bits per heavy atom. The molecule has 0 saturated carbocycles. The van der Waals surface area contributed by atoms with Crippen LogP contribution in [0.1, 0.15) is 13.8 Å². The molecule has 0 aromatic heterocycles. The maximum absolute atomic E-state index is 10.5. The molecule has 12 heavy (non-hydrogen) atoms. The molecule has 5 nitrogen and oxygen atoms in total. The molecular weight excluding hydrogens is 162 g/mol. The van der Waals surface area contributed by atoms with Gasteiger partial charge in [0.15, 0.2) is 6.04 Å². The first-order valence-electron chi connectivity index (χ1n) is 3.66. The number of quaternary nitrogens is 1. The zero-order valence-corrected chi connectivity index (χ0v) is 6.92. The van der Waals surface area contributed by atoms with Crippen LogP contribution in [-0.4, -0.2) is 30.1 Å².